The summed E-state index contributed by atoms with van der Waals surface area (Å²) in [6.07, 6.45) is 3.80. The molecule has 1 aromatic carbocycles. The number of aromatic nitrogens is 1. The minimum absolute atomic E-state index is 0.0280. The van der Waals surface area contributed by atoms with Gasteiger partial charge in [-0.05, 0) is 36.1 Å². The molecule has 1 aliphatic rings. The maximum Gasteiger partial charge on any atom is 0.272 e. The van der Waals surface area contributed by atoms with Crippen molar-refractivity contribution in [2.24, 2.45) is 5.73 Å². The Kier molecular flexibility index (Phi) is 4.49. The number of piperidine rings is 1. The molecule has 1 aliphatic heterocycles. The Morgan fingerprint density at radius 1 is 1.27 bits per heavy atom. The number of nitrogens with two attached hydrogens (primary N) is 1. The van der Waals surface area contributed by atoms with Crippen molar-refractivity contribution in [3.8, 4) is 0 Å². The van der Waals surface area contributed by atoms with Crippen LogP contribution < -0.4 is 5.73 Å². The van der Waals surface area contributed by atoms with Crippen LogP contribution in [0.2, 0.25) is 0 Å². The van der Waals surface area contributed by atoms with Crippen LogP contribution in [-0.4, -0.2) is 28.9 Å². The van der Waals surface area contributed by atoms with Gasteiger partial charge in [0.2, 0.25) is 0 Å². The van der Waals surface area contributed by atoms with Crippen molar-refractivity contribution in [1.82, 2.24) is 9.88 Å². The molecule has 0 spiro atoms. The molecule has 2 aromatic rings. The van der Waals surface area contributed by atoms with E-state index in [1.54, 1.807) is 12.3 Å². The third kappa shape index (κ3) is 3.17. The summed E-state index contributed by atoms with van der Waals surface area (Å²) in [4.78, 5) is 18.6. The smallest absolute Gasteiger partial charge is 0.272 e. The Balaban J connectivity index is 1.75. The van der Waals surface area contributed by atoms with Crippen molar-refractivity contribution in [2.45, 2.75) is 25.3 Å². The highest BCUT2D eigenvalue weighted by molar-refractivity contribution is 5.92. The number of likely N-dealkylation sites (tertiary alicyclic amines) is 1. The number of hydrogen-bond donors (Lipinski definition) is 1. The maximum absolute atomic E-state index is 12.5. The number of hydrogen-bond acceptors (Lipinski definition) is 3. The van der Waals surface area contributed by atoms with Crippen molar-refractivity contribution in [3.63, 3.8) is 0 Å². The molecule has 114 valence electrons. The van der Waals surface area contributed by atoms with Crippen molar-refractivity contribution in [3.05, 3.63) is 65.5 Å². The van der Waals surface area contributed by atoms with Gasteiger partial charge in [-0.3, -0.25) is 9.78 Å². The summed E-state index contributed by atoms with van der Waals surface area (Å²) in [7, 11) is 0. The largest absolute Gasteiger partial charge is 0.337 e. The highest BCUT2D eigenvalue weighted by Crippen LogP contribution is 2.28. The maximum atomic E-state index is 12.5. The Morgan fingerprint density at radius 2 is 2.18 bits per heavy atom. The van der Waals surface area contributed by atoms with Gasteiger partial charge in [-0.15, -0.1) is 0 Å². The monoisotopic (exact) mass is 295 g/mol. The van der Waals surface area contributed by atoms with Gasteiger partial charge in [0.15, 0.2) is 0 Å². The average Bonchev–Trinajstić information content (AvgIpc) is 2.62. The Morgan fingerprint density at radius 3 is 2.95 bits per heavy atom. The molecular formula is C18H21N3O. The van der Waals surface area contributed by atoms with Crippen molar-refractivity contribution in [1.29, 1.82) is 0 Å². The van der Waals surface area contributed by atoms with Crippen molar-refractivity contribution in [2.75, 3.05) is 13.1 Å². The molecule has 1 aromatic heterocycles. The zero-order valence-corrected chi connectivity index (χ0v) is 12.6. The van der Waals surface area contributed by atoms with E-state index in [-0.39, 0.29) is 5.91 Å². The summed E-state index contributed by atoms with van der Waals surface area (Å²) in [5, 5.41) is 0. The number of amides is 1. The minimum atomic E-state index is 0.0280. The third-order valence-electron chi connectivity index (χ3n) is 4.25. The van der Waals surface area contributed by atoms with Gasteiger partial charge < -0.3 is 10.6 Å². The lowest BCUT2D eigenvalue weighted by Crippen LogP contribution is -2.39. The highest BCUT2D eigenvalue weighted by atomic mass is 16.2. The zero-order chi connectivity index (χ0) is 15.4. The van der Waals surface area contributed by atoms with E-state index in [9.17, 15) is 4.79 Å². The van der Waals surface area contributed by atoms with Gasteiger partial charge in [-0.2, -0.15) is 0 Å². The van der Waals surface area contributed by atoms with Crippen molar-refractivity contribution >= 4 is 5.91 Å². The van der Waals surface area contributed by atoms with E-state index in [1.165, 1.54) is 5.56 Å². The number of rotatable bonds is 3. The second-order valence-electron chi connectivity index (χ2n) is 5.75. The Bertz CT molecular complexity index is 642. The second-order valence-corrected chi connectivity index (χ2v) is 5.75. The van der Waals surface area contributed by atoms with Crippen LogP contribution in [0, 0.1) is 0 Å². The lowest BCUT2D eigenvalue weighted by atomic mass is 9.89. The van der Waals surface area contributed by atoms with Crippen LogP contribution in [0.3, 0.4) is 0 Å². The first-order valence-corrected chi connectivity index (χ1v) is 7.77. The van der Waals surface area contributed by atoms with E-state index < -0.39 is 0 Å². The van der Waals surface area contributed by atoms with E-state index in [2.05, 4.69) is 23.2 Å². The summed E-state index contributed by atoms with van der Waals surface area (Å²) >= 11 is 0. The molecule has 22 heavy (non-hydrogen) atoms. The molecule has 4 nitrogen and oxygen atoms in total. The van der Waals surface area contributed by atoms with E-state index in [0.29, 0.717) is 18.2 Å². The molecule has 0 aliphatic carbocycles. The molecule has 1 amide bonds. The molecular weight excluding hydrogens is 274 g/mol. The fraction of sp³-hybridized carbons (Fsp3) is 0.333. The van der Waals surface area contributed by atoms with Gasteiger partial charge in [0.25, 0.3) is 5.91 Å². The number of carbonyl (C=O) groups is 1. The minimum Gasteiger partial charge on any atom is -0.337 e. The lowest BCUT2D eigenvalue weighted by Gasteiger charge is -2.33. The molecule has 2 N–H and O–H groups in total. The standard InChI is InChI=1S/C18H21N3O/c19-12-14-5-3-6-15(11-14)16-7-4-10-21(13-16)18(22)17-8-1-2-9-20-17/h1-3,5-6,8-9,11,16H,4,7,10,12-13,19H2. The molecule has 1 saturated heterocycles. The first-order valence-electron chi connectivity index (χ1n) is 7.77. The van der Waals surface area contributed by atoms with Gasteiger partial charge >= 0.3 is 0 Å². The average molecular weight is 295 g/mol. The van der Waals surface area contributed by atoms with E-state index in [0.717, 1.165) is 31.5 Å². The summed E-state index contributed by atoms with van der Waals surface area (Å²) in [5.41, 5.74) is 8.68. The van der Waals surface area contributed by atoms with Crippen LogP contribution >= 0.6 is 0 Å². The van der Waals surface area contributed by atoms with Crippen LogP contribution in [0.1, 0.15) is 40.4 Å². The van der Waals surface area contributed by atoms with Gasteiger partial charge in [-0.1, -0.05) is 30.3 Å². The van der Waals surface area contributed by atoms with Gasteiger partial charge in [0, 0.05) is 31.7 Å². The highest BCUT2D eigenvalue weighted by Gasteiger charge is 2.26. The Hall–Kier alpha value is -2.20. The molecule has 1 atom stereocenters. The summed E-state index contributed by atoms with van der Waals surface area (Å²) in [6, 6.07) is 13.9. The number of carbonyl (C=O) groups excluding carboxylic acids is 1. The first kappa shape index (κ1) is 14.7. The quantitative estimate of drug-likeness (QED) is 0.946. The molecule has 1 unspecified atom stereocenters. The van der Waals surface area contributed by atoms with Crippen LogP contribution in [0.4, 0.5) is 0 Å². The SMILES string of the molecule is NCc1cccc(C2CCCN(C(=O)c3ccccn3)C2)c1. The normalized spacial score (nSPS) is 18.2. The van der Waals surface area contributed by atoms with Gasteiger partial charge in [-0.25, -0.2) is 0 Å². The summed E-state index contributed by atoms with van der Waals surface area (Å²) in [6.45, 7) is 2.11. The molecule has 2 heterocycles. The fourth-order valence-corrected chi connectivity index (χ4v) is 3.06. The number of pyridine rings is 1. The van der Waals surface area contributed by atoms with E-state index >= 15 is 0 Å². The molecule has 3 rings (SSSR count). The van der Waals surface area contributed by atoms with E-state index in [4.69, 9.17) is 5.73 Å². The molecule has 4 heteroatoms. The number of nitrogens with zero attached hydrogens (tertiary/aromatic N) is 2. The molecule has 1 fully saturated rings. The summed E-state index contributed by atoms with van der Waals surface area (Å²) < 4.78 is 0. The molecule has 0 radical (unpaired) electrons. The predicted molar refractivity (Wildman–Crippen MR) is 86.4 cm³/mol. The van der Waals surface area contributed by atoms with E-state index in [1.807, 2.05) is 23.1 Å². The third-order valence-corrected chi connectivity index (χ3v) is 4.25. The summed E-state index contributed by atoms with van der Waals surface area (Å²) in [5.74, 6) is 0.410. The van der Waals surface area contributed by atoms with Crippen LogP contribution in [0.5, 0.6) is 0 Å². The Labute approximate surface area is 131 Å². The predicted octanol–water partition coefficient (Wildman–Crippen LogP) is 2.56. The first-order chi connectivity index (χ1) is 10.8. The zero-order valence-electron chi connectivity index (χ0n) is 12.6. The van der Waals surface area contributed by atoms with Crippen LogP contribution in [-0.2, 0) is 6.54 Å². The molecule has 0 bridgehead atoms. The lowest BCUT2D eigenvalue weighted by molar-refractivity contribution is 0.0701. The number of benzene rings is 1. The van der Waals surface area contributed by atoms with Crippen molar-refractivity contribution < 1.29 is 4.79 Å². The molecule has 0 saturated carbocycles. The fourth-order valence-electron chi connectivity index (χ4n) is 3.06. The van der Waals surface area contributed by atoms with Gasteiger partial charge in [0.1, 0.15) is 5.69 Å². The topological polar surface area (TPSA) is 59.2 Å². The second kappa shape index (κ2) is 6.71. The van der Waals surface area contributed by atoms with Gasteiger partial charge in [0.05, 0.1) is 0 Å². The van der Waals surface area contributed by atoms with Crippen LogP contribution in [0.25, 0.3) is 0 Å². The van der Waals surface area contributed by atoms with Crippen LogP contribution in [0.15, 0.2) is 48.7 Å².